The van der Waals surface area contributed by atoms with Crippen molar-refractivity contribution in [3.8, 4) is 0 Å². The van der Waals surface area contributed by atoms with Crippen LogP contribution in [0.4, 0.5) is 11.4 Å². The van der Waals surface area contributed by atoms with E-state index in [0.29, 0.717) is 11.3 Å². The van der Waals surface area contributed by atoms with Gasteiger partial charge >= 0.3 is 0 Å². The van der Waals surface area contributed by atoms with E-state index in [-0.39, 0.29) is 10.6 Å². The third-order valence-electron chi connectivity index (χ3n) is 3.73. The molecule has 0 N–H and O–H groups in total. The van der Waals surface area contributed by atoms with Crippen LogP contribution in [0.2, 0.25) is 0 Å². The van der Waals surface area contributed by atoms with Gasteiger partial charge < -0.3 is 0 Å². The molecular weight excluding hydrogens is 316 g/mol. The van der Waals surface area contributed by atoms with Crippen LogP contribution < -0.4 is 4.31 Å². The normalized spacial score (nSPS) is 11.3. The van der Waals surface area contributed by atoms with Gasteiger partial charge in [0.2, 0.25) is 0 Å². The summed E-state index contributed by atoms with van der Waals surface area (Å²) in [6.07, 6.45) is 0.862. The van der Waals surface area contributed by atoms with Gasteiger partial charge in [-0.05, 0) is 36.6 Å². The monoisotopic (exact) mass is 334 g/mol. The zero-order valence-electron chi connectivity index (χ0n) is 13.2. The molecule has 0 saturated heterocycles. The van der Waals surface area contributed by atoms with Gasteiger partial charge in [-0.25, -0.2) is 8.42 Å². The molecule has 0 aromatic heterocycles. The maximum absolute atomic E-state index is 12.8. The molecule has 0 unspecified atom stereocenters. The van der Waals surface area contributed by atoms with E-state index >= 15 is 0 Å². The van der Waals surface area contributed by atoms with E-state index in [1.165, 1.54) is 19.2 Å². The number of nitro groups is 1. The molecule has 2 aromatic rings. The summed E-state index contributed by atoms with van der Waals surface area (Å²) >= 11 is 0. The first kappa shape index (κ1) is 17.0. The summed E-state index contributed by atoms with van der Waals surface area (Å²) in [5, 5.41) is 10.9. The number of sulfonamides is 1. The average Bonchev–Trinajstić information content (AvgIpc) is 2.54. The first-order valence-corrected chi connectivity index (χ1v) is 8.54. The molecule has 6 nitrogen and oxygen atoms in total. The van der Waals surface area contributed by atoms with Crippen LogP contribution in [0.25, 0.3) is 0 Å². The summed E-state index contributed by atoms with van der Waals surface area (Å²) in [4.78, 5) is 10.2. The molecule has 0 spiro atoms. The largest absolute Gasteiger partial charge is 0.270 e. The maximum Gasteiger partial charge on any atom is 0.270 e. The highest BCUT2D eigenvalue weighted by Crippen LogP contribution is 2.27. The number of nitrogens with zero attached hydrogens (tertiary/aromatic N) is 2. The second-order valence-corrected chi connectivity index (χ2v) is 7.14. The first-order valence-electron chi connectivity index (χ1n) is 7.10. The van der Waals surface area contributed by atoms with Gasteiger partial charge in [0.1, 0.15) is 0 Å². The van der Waals surface area contributed by atoms with E-state index in [1.54, 1.807) is 19.1 Å². The molecule has 0 aliphatic heterocycles. The fraction of sp³-hybridized carbons (Fsp3) is 0.250. The van der Waals surface area contributed by atoms with Gasteiger partial charge in [-0.1, -0.05) is 25.1 Å². The van der Waals surface area contributed by atoms with Crippen molar-refractivity contribution in [2.24, 2.45) is 0 Å². The minimum atomic E-state index is -3.87. The van der Waals surface area contributed by atoms with Gasteiger partial charge in [-0.15, -0.1) is 0 Å². The van der Waals surface area contributed by atoms with Crippen molar-refractivity contribution in [3.63, 3.8) is 0 Å². The van der Waals surface area contributed by atoms with Crippen molar-refractivity contribution in [2.45, 2.75) is 25.2 Å². The van der Waals surface area contributed by atoms with E-state index in [1.807, 2.05) is 19.1 Å². The highest BCUT2D eigenvalue weighted by molar-refractivity contribution is 7.92. The van der Waals surface area contributed by atoms with Crippen molar-refractivity contribution in [1.82, 2.24) is 0 Å². The van der Waals surface area contributed by atoms with E-state index in [4.69, 9.17) is 0 Å². The fourth-order valence-corrected chi connectivity index (χ4v) is 3.65. The lowest BCUT2D eigenvalue weighted by molar-refractivity contribution is -0.385. The first-order chi connectivity index (χ1) is 10.8. The maximum atomic E-state index is 12.8. The van der Waals surface area contributed by atoms with Crippen LogP contribution in [0, 0.1) is 17.0 Å². The zero-order valence-corrected chi connectivity index (χ0v) is 14.0. The molecule has 0 atom stereocenters. The molecule has 0 aliphatic carbocycles. The predicted molar refractivity (Wildman–Crippen MR) is 89.2 cm³/mol. The second-order valence-electron chi connectivity index (χ2n) is 5.20. The number of rotatable bonds is 5. The SMILES string of the molecule is CCc1ccc(N(C)S(=O)(=O)c2cc([N+](=O)[O-])ccc2C)cc1. The van der Waals surface area contributed by atoms with Crippen LogP contribution in [0.5, 0.6) is 0 Å². The number of non-ortho nitro benzene ring substituents is 1. The predicted octanol–water partition coefficient (Wildman–Crippen LogP) is 3.29. The summed E-state index contributed by atoms with van der Waals surface area (Å²) in [6, 6.07) is 11.0. The van der Waals surface area contributed by atoms with E-state index in [9.17, 15) is 18.5 Å². The van der Waals surface area contributed by atoms with Crippen LogP contribution in [-0.2, 0) is 16.4 Å². The van der Waals surface area contributed by atoms with Gasteiger partial charge in [-0.2, -0.15) is 0 Å². The minimum absolute atomic E-state index is 0.0613. The minimum Gasteiger partial charge on any atom is -0.269 e. The number of nitro benzene ring substituents is 1. The fourth-order valence-electron chi connectivity index (χ4n) is 2.21. The van der Waals surface area contributed by atoms with Crippen LogP contribution in [-0.4, -0.2) is 20.4 Å². The molecule has 0 heterocycles. The Morgan fingerprint density at radius 2 is 1.74 bits per heavy atom. The van der Waals surface area contributed by atoms with Crippen molar-refractivity contribution in [1.29, 1.82) is 0 Å². The third kappa shape index (κ3) is 3.34. The summed E-state index contributed by atoms with van der Waals surface area (Å²) in [6.45, 7) is 3.63. The Bertz CT molecular complexity index is 830. The lowest BCUT2D eigenvalue weighted by Crippen LogP contribution is -2.27. The quantitative estimate of drug-likeness (QED) is 0.621. The molecule has 23 heavy (non-hydrogen) atoms. The van der Waals surface area contributed by atoms with E-state index < -0.39 is 14.9 Å². The zero-order chi connectivity index (χ0) is 17.2. The standard InChI is InChI=1S/C16H18N2O4S/c1-4-13-6-9-14(10-7-13)17(3)23(21,22)16-11-15(18(19)20)8-5-12(16)2/h5-11H,4H2,1-3H3. The van der Waals surface area contributed by atoms with E-state index in [0.717, 1.165) is 22.4 Å². The molecule has 0 aliphatic rings. The van der Waals surface area contributed by atoms with Gasteiger partial charge in [0.05, 0.1) is 15.5 Å². The van der Waals surface area contributed by atoms with Crippen molar-refractivity contribution >= 4 is 21.4 Å². The molecule has 0 saturated carbocycles. The molecule has 0 bridgehead atoms. The summed E-state index contributed by atoms with van der Waals surface area (Å²) < 4.78 is 26.7. The smallest absolute Gasteiger partial charge is 0.269 e. The second kappa shape index (κ2) is 6.37. The Hall–Kier alpha value is -2.41. The van der Waals surface area contributed by atoms with Crippen LogP contribution in [0.1, 0.15) is 18.1 Å². The Kier molecular flexibility index (Phi) is 4.70. The topological polar surface area (TPSA) is 80.5 Å². The molecular formula is C16H18N2O4S. The third-order valence-corrected chi connectivity index (χ3v) is 5.66. The Morgan fingerprint density at radius 3 is 2.26 bits per heavy atom. The molecule has 0 amide bonds. The van der Waals surface area contributed by atoms with Crippen molar-refractivity contribution in [3.05, 3.63) is 63.7 Å². The van der Waals surface area contributed by atoms with Gasteiger partial charge in [0.25, 0.3) is 15.7 Å². The van der Waals surface area contributed by atoms with E-state index in [2.05, 4.69) is 0 Å². The lowest BCUT2D eigenvalue weighted by atomic mass is 10.1. The van der Waals surface area contributed by atoms with Crippen molar-refractivity contribution in [2.75, 3.05) is 11.4 Å². The number of benzene rings is 2. The molecule has 7 heteroatoms. The summed E-state index contributed by atoms with van der Waals surface area (Å²) in [5.41, 5.74) is 1.83. The van der Waals surface area contributed by atoms with Crippen LogP contribution in [0.15, 0.2) is 47.4 Å². The number of anilines is 1. The highest BCUT2D eigenvalue weighted by atomic mass is 32.2. The molecule has 0 fully saturated rings. The lowest BCUT2D eigenvalue weighted by Gasteiger charge is -2.20. The van der Waals surface area contributed by atoms with Gasteiger partial charge in [0.15, 0.2) is 0 Å². The Balaban J connectivity index is 2.48. The molecule has 2 rings (SSSR count). The highest BCUT2D eigenvalue weighted by Gasteiger charge is 2.25. The molecule has 0 radical (unpaired) electrons. The Morgan fingerprint density at radius 1 is 1.13 bits per heavy atom. The molecule has 2 aromatic carbocycles. The average molecular weight is 334 g/mol. The summed E-state index contributed by atoms with van der Waals surface area (Å²) in [7, 11) is -2.43. The van der Waals surface area contributed by atoms with Crippen LogP contribution >= 0.6 is 0 Å². The number of hydrogen-bond acceptors (Lipinski definition) is 4. The van der Waals surface area contributed by atoms with Gasteiger partial charge in [-0.3, -0.25) is 14.4 Å². The van der Waals surface area contributed by atoms with Gasteiger partial charge in [0, 0.05) is 19.2 Å². The summed E-state index contributed by atoms with van der Waals surface area (Å²) in [5.74, 6) is 0. The van der Waals surface area contributed by atoms with Crippen LogP contribution in [0.3, 0.4) is 0 Å². The number of hydrogen-bond donors (Lipinski definition) is 0. The van der Waals surface area contributed by atoms with Crippen molar-refractivity contribution < 1.29 is 13.3 Å². The molecule has 122 valence electrons. The Labute approximate surface area is 135 Å². The number of aryl methyl sites for hydroxylation is 2.